The summed E-state index contributed by atoms with van der Waals surface area (Å²) < 4.78 is 1.01. The van der Waals surface area contributed by atoms with E-state index in [-0.39, 0.29) is 4.83 Å². The third-order valence-electron chi connectivity index (χ3n) is 2.26. The standard InChI is InChI=1S/C12H9Br2ClS/c13-8-3-4-10(12(15)6-8)11(14)7-9-2-1-5-16-9/h1-6,11H,7H2. The molecule has 4 heteroatoms. The molecular formula is C12H9Br2ClS. The Hall–Kier alpha value is 0.170. The van der Waals surface area contributed by atoms with Gasteiger partial charge in [0.2, 0.25) is 0 Å². The van der Waals surface area contributed by atoms with Crippen LogP contribution in [0, 0.1) is 0 Å². The third-order valence-corrected chi connectivity index (χ3v) is 4.80. The van der Waals surface area contributed by atoms with Gasteiger partial charge in [-0.25, -0.2) is 0 Å². The van der Waals surface area contributed by atoms with E-state index in [1.807, 2.05) is 12.1 Å². The van der Waals surface area contributed by atoms with Crippen LogP contribution in [-0.2, 0) is 6.42 Å². The minimum atomic E-state index is 0.270. The number of hydrogen-bond donors (Lipinski definition) is 0. The number of hydrogen-bond acceptors (Lipinski definition) is 1. The fraction of sp³-hybridized carbons (Fsp3) is 0.167. The van der Waals surface area contributed by atoms with Gasteiger partial charge in [0.05, 0.1) is 0 Å². The Balaban J connectivity index is 2.17. The molecule has 0 spiro atoms. The lowest BCUT2D eigenvalue weighted by Gasteiger charge is -2.11. The van der Waals surface area contributed by atoms with Gasteiger partial charge >= 0.3 is 0 Å². The largest absolute Gasteiger partial charge is 0.149 e. The first-order chi connectivity index (χ1) is 7.66. The maximum absolute atomic E-state index is 6.21. The lowest BCUT2D eigenvalue weighted by molar-refractivity contribution is 0.968. The Morgan fingerprint density at radius 2 is 2.12 bits per heavy atom. The monoisotopic (exact) mass is 378 g/mol. The van der Waals surface area contributed by atoms with Gasteiger partial charge in [0.15, 0.2) is 0 Å². The first kappa shape index (κ1) is 12.6. The molecule has 1 aromatic heterocycles. The Labute approximate surface area is 121 Å². The van der Waals surface area contributed by atoms with Crippen molar-refractivity contribution in [1.82, 2.24) is 0 Å². The number of thiophene rings is 1. The molecule has 84 valence electrons. The fourth-order valence-corrected chi connectivity index (χ4v) is 4.12. The Morgan fingerprint density at radius 1 is 1.31 bits per heavy atom. The van der Waals surface area contributed by atoms with Crippen molar-refractivity contribution in [3.63, 3.8) is 0 Å². The predicted molar refractivity (Wildman–Crippen MR) is 78.8 cm³/mol. The van der Waals surface area contributed by atoms with Crippen molar-refractivity contribution < 1.29 is 0 Å². The zero-order chi connectivity index (χ0) is 11.5. The van der Waals surface area contributed by atoms with Crippen molar-refractivity contribution in [2.24, 2.45) is 0 Å². The van der Waals surface area contributed by atoms with Gasteiger partial charge in [-0.3, -0.25) is 0 Å². The summed E-state index contributed by atoms with van der Waals surface area (Å²) in [5, 5.41) is 2.89. The highest BCUT2D eigenvalue weighted by Crippen LogP contribution is 2.34. The Morgan fingerprint density at radius 3 is 2.75 bits per heavy atom. The zero-order valence-corrected chi connectivity index (χ0v) is 13.0. The Bertz CT molecular complexity index is 468. The second-order valence-electron chi connectivity index (χ2n) is 3.42. The highest BCUT2D eigenvalue weighted by molar-refractivity contribution is 9.10. The van der Waals surface area contributed by atoms with Crippen LogP contribution in [0.4, 0.5) is 0 Å². The van der Waals surface area contributed by atoms with Gasteiger partial charge < -0.3 is 0 Å². The van der Waals surface area contributed by atoms with E-state index < -0.39 is 0 Å². The van der Waals surface area contributed by atoms with Crippen LogP contribution >= 0.6 is 54.8 Å². The number of halogens is 3. The first-order valence-electron chi connectivity index (χ1n) is 4.78. The molecular weight excluding hydrogens is 371 g/mol. The van der Waals surface area contributed by atoms with E-state index in [4.69, 9.17) is 11.6 Å². The molecule has 0 aliphatic heterocycles. The summed E-state index contributed by atoms with van der Waals surface area (Å²) in [7, 11) is 0. The van der Waals surface area contributed by atoms with Gasteiger partial charge in [0.25, 0.3) is 0 Å². The van der Waals surface area contributed by atoms with Gasteiger partial charge in [-0.05, 0) is 35.6 Å². The average Bonchev–Trinajstić information content (AvgIpc) is 2.70. The van der Waals surface area contributed by atoms with Gasteiger partial charge in [-0.1, -0.05) is 55.6 Å². The molecule has 0 aliphatic rings. The fourth-order valence-electron chi connectivity index (χ4n) is 1.47. The summed E-state index contributed by atoms with van der Waals surface area (Å²) in [6.07, 6.45) is 0.971. The van der Waals surface area contributed by atoms with Crippen molar-refractivity contribution in [2.45, 2.75) is 11.2 Å². The second-order valence-corrected chi connectivity index (χ2v) is 6.88. The second kappa shape index (κ2) is 5.67. The SMILES string of the molecule is Clc1cc(Br)ccc1C(Br)Cc1cccs1. The van der Waals surface area contributed by atoms with Crippen molar-refractivity contribution in [3.05, 3.63) is 55.6 Å². The summed E-state index contributed by atoms with van der Waals surface area (Å²) in [5.41, 5.74) is 1.14. The molecule has 0 amide bonds. The van der Waals surface area contributed by atoms with Gasteiger partial charge in [0, 0.05) is 19.2 Å². The smallest absolute Gasteiger partial charge is 0.0460 e. The predicted octanol–water partition coefficient (Wildman–Crippen LogP) is 5.84. The van der Waals surface area contributed by atoms with Crippen LogP contribution < -0.4 is 0 Å². The van der Waals surface area contributed by atoms with Crippen LogP contribution in [0.2, 0.25) is 5.02 Å². The van der Waals surface area contributed by atoms with Crippen LogP contribution in [0.15, 0.2) is 40.2 Å². The summed E-state index contributed by atoms with van der Waals surface area (Å²) >= 11 is 15.1. The summed E-state index contributed by atoms with van der Waals surface area (Å²) in [6.45, 7) is 0. The number of benzene rings is 1. The maximum Gasteiger partial charge on any atom is 0.0460 e. The zero-order valence-electron chi connectivity index (χ0n) is 8.29. The quantitative estimate of drug-likeness (QED) is 0.587. The summed E-state index contributed by atoms with van der Waals surface area (Å²) in [6, 6.07) is 10.2. The molecule has 2 aromatic rings. The normalized spacial score (nSPS) is 12.7. The van der Waals surface area contributed by atoms with Crippen molar-refractivity contribution in [1.29, 1.82) is 0 Å². The van der Waals surface area contributed by atoms with Crippen molar-refractivity contribution >= 4 is 54.8 Å². The van der Waals surface area contributed by atoms with E-state index in [1.54, 1.807) is 11.3 Å². The molecule has 0 saturated heterocycles. The van der Waals surface area contributed by atoms with E-state index in [9.17, 15) is 0 Å². The van der Waals surface area contributed by atoms with Crippen LogP contribution in [0.5, 0.6) is 0 Å². The van der Waals surface area contributed by atoms with Gasteiger partial charge in [-0.2, -0.15) is 0 Å². The molecule has 16 heavy (non-hydrogen) atoms. The van der Waals surface area contributed by atoms with E-state index in [1.165, 1.54) is 4.88 Å². The van der Waals surface area contributed by atoms with Crippen LogP contribution in [-0.4, -0.2) is 0 Å². The highest BCUT2D eigenvalue weighted by Gasteiger charge is 2.12. The first-order valence-corrected chi connectivity index (χ1v) is 7.75. The minimum absolute atomic E-state index is 0.270. The number of alkyl halides is 1. The molecule has 1 atom stereocenters. The topological polar surface area (TPSA) is 0 Å². The van der Waals surface area contributed by atoms with Crippen molar-refractivity contribution in [2.75, 3.05) is 0 Å². The van der Waals surface area contributed by atoms with Crippen molar-refractivity contribution in [3.8, 4) is 0 Å². The molecule has 1 unspecified atom stereocenters. The average molecular weight is 381 g/mol. The van der Waals surface area contributed by atoms with E-state index >= 15 is 0 Å². The molecule has 1 heterocycles. The molecule has 0 saturated carbocycles. The summed E-state index contributed by atoms with van der Waals surface area (Å²) in [4.78, 5) is 1.63. The molecule has 0 nitrogen and oxygen atoms in total. The maximum atomic E-state index is 6.21. The Kier molecular flexibility index (Phi) is 4.48. The van der Waals surface area contributed by atoms with Crippen LogP contribution in [0.1, 0.15) is 15.3 Å². The molecule has 1 aromatic carbocycles. The lowest BCUT2D eigenvalue weighted by Crippen LogP contribution is -1.94. The van der Waals surface area contributed by atoms with E-state index in [2.05, 4.69) is 55.4 Å². The minimum Gasteiger partial charge on any atom is -0.149 e. The van der Waals surface area contributed by atoms with Gasteiger partial charge in [0.1, 0.15) is 0 Å². The van der Waals surface area contributed by atoms with E-state index in [0.29, 0.717) is 0 Å². The molecule has 0 radical (unpaired) electrons. The molecule has 2 rings (SSSR count). The molecule has 0 bridgehead atoms. The summed E-state index contributed by atoms with van der Waals surface area (Å²) in [5.74, 6) is 0. The molecule has 0 aliphatic carbocycles. The number of rotatable bonds is 3. The van der Waals surface area contributed by atoms with Crippen LogP contribution in [0.3, 0.4) is 0 Å². The third kappa shape index (κ3) is 3.10. The van der Waals surface area contributed by atoms with Gasteiger partial charge in [-0.15, -0.1) is 11.3 Å². The lowest BCUT2D eigenvalue weighted by atomic mass is 10.1. The molecule has 0 fully saturated rings. The van der Waals surface area contributed by atoms with Crippen LogP contribution in [0.25, 0.3) is 0 Å². The highest BCUT2D eigenvalue weighted by atomic mass is 79.9. The molecule has 0 N–H and O–H groups in total. The van der Waals surface area contributed by atoms with E-state index in [0.717, 1.165) is 21.5 Å².